The molecule has 1 aromatic carbocycles. The third kappa shape index (κ3) is 3.37. The quantitative estimate of drug-likeness (QED) is 0.785. The second-order valence-electron chi connectivity index (χ2n) is 3.62. The molecule has 0 unspecified atom stereocenters. The van der Waals surface area contributed by atoms with E-state index in [1.165, 1.54) is 5.56 Å². The van der Waals surface area contributed by atoms with Crippen LogP contribution < -0.4 is 5.32 Å². The van der Waals surface area contributed by atoms with Crippen LogP contribution in [0.2, 0.25) is 5.02 Å². The van der Waals surface area contributed by atoms with Crippen LogP contribution in [0.3, 0.4) is 0 Å². The van der Waals surface area contributed by atoms with Gasteiger partial charge in [0.25, 0.3) is 0 Å². The van der Waals surface area contributed by atoms with Gasteiger partial charge in [-0.3, -0.25) is 0 Å². The summed E-state index contributed by atoms with van der Waals surface area (Å²) >= 11 is 6.00. The summed E-state index contributed by atoms with van der Waals surface area (Å²) in [6.07, 6.45) is 0. The number of hydrogen-bond donors (Lipinski definition) is 1. The number of nitrogens with one attached hydrogen (secondary N) is 1. The van der Waals surface area contributed by atoms with Crippen molar-refractivity contribution in [3.8, 4) is 0 Å². The fraction of sp³-hybridized carbons (Fsp3) is 0.455. The zero-order chi connectivity index (χ0) is 9.84. The van der Waals surface area contributed by atoms with E-state index < -0.39 is 0 Å². The smallest absolute Gasteiger partial charge is 0.0438 e. The van der Waals surface area contributed by atoms with Crippen LogP contribution in [-0.2, 0) is 6.54 Å². The van der Waals surface area contributed by atoms with Crippen molar-refractivity contribution < 1.29 is 0 Å². The minimum Gasteiger partial charge on any atom is -0.310 e. The lowest BCUT2D eigenvalue weighted by Gasteiger charge is -2.08. The van der Waals surface area contributed by atoms with E-state index in [2.05, 4.69) is 31.3 Å². The molecule has 1 nitrogen and oxygen atoms in total. The lowest BCUT2D eigenvalue weighted by atomic mass is 10.1. The van der Waals surface area contributed by atoms with Crippen LogP contribution in [-0.4, -0.2) is 6.04 Å². The minimum atomic E-state index is 0.514. The van der Waals surface area contributed by atoms with Crippen molar-refractivity contribution in [1.82, 2.24) is 5.32 Å². The number of benzene rings is 1. The molecular weight excluding hydrogens is 182 g/mol. The molecule has 0 aliphatic carbocycles. The monoisotopic (exact) mass is 197 g/mol. The summed E-state index contributed by atoms with van der Waals surface area (Å²) in [6.45, 7) is 7.17. The van der Waals surface area contributed by atoms with Gasteiger partial charge in [-0.05, 0) is 24.1 Å². The summed E-state index contributed by atoms with van der Waals surface area (Å²) in [4.78, 5) is 0. The Labute approximate surface area is 85.1 Å². The molecular formula is C11H16ClN. The maximum atomic E-state index is 6.00. The highest BCUT2D eigenvalue weighted by Crippen LogP contribution is 2.16. The van der Waals surface area contributed by atoms with Crippen molar-refractivity contribution in [1.29, 1.82) is 0 Å². The molecule has 0 amide bonds. The van der Waals surface area contributed by atoms with Crippen molar-refractivity contribution in [2.45, 2.75) is 33.4 Å². The fourth-order valence-electron chi connectivity index (χ4n) is 1.07. The van der Waals surface area contributed by atoms with E-state index >= 15 is 0 Å². The zero-order valence-corrected chi connectivity index (χ0v) is 9.15. The molecule has 1 N–H and O–H groups in total. The van der Waals surface area contributed by atoms with E-state index in [0.29, 0.717) is 6.04 Å². The molecule has 2 heteroatoms. The van der Waals surface area contributed by atoms with Crippen LogP contribution in [0.5, 0.6) is 0 Å². The van der Waals surface area contributed by atoms with Gasteiger partial charge in [0.15, 0.2) is 0 Å². The maximum absolute atomic E-state index is 6.00. The van der Waals surface area contributed by atoms with Gasteiger partial charge >= 0.3 is 0 Å². The summed E-state index contributed by atoms with van der Waals surface area (Å²) in [5.74, 6) is 0. The van der Waals surface area contributed by atoms with E-state index in [1.807, 2.05) is 13.0 Å². The Morgan fingerprint density at radius 2 is 2.08 bits per heavy atom. The Morgan fingerprint density at radius 1 is 1.38 bits per heavy atom. The summed E-state index contributed by atoms with van der Waals surface area (Å²) in [5.41, 5.74) is 2.37. The fourth-order valence-corrected chi connectivity index (χ4v) is 1.27. The standard InChI is InChI=1S/C11H16ClN/c1-8(2)13-7-10-5-4-9(3)11(12)6-10/h4-6,8,13H,7H2,1-3H3. The highest BCUT2D eigenvalue weighted by molar-refractivity contribution is 6.31. The van der Waals surface area contributed by atoms with Gasteiger partial charge in [0.1, 0.15) is 0 Å². The van der Waals surface area contributed by atoms with Crippen molar-refractivity contribution in [3.63, 3.8) is 0 Å². The molecule has 0 atom stereocenters. The van der Waals surface area contributed by atoms with E-state index in [9.17, 15) is 0 Å². The Balaban J connectivity index is 2.63. The molecule has 1 rings (SSSR count). The van der Waals surface area contributed by atoms with E-state index in [-0.39, 0.29) is 0 Å². The molecule has 0 radical (unpaired) electrons. The van der Waals surface area contributed by atoms with E-state index in [0.717, 1.165) is 17.1 Å². The molecule has 0 saturated heterocycles. The molecule has 0 spiro atoms. The van der Waals surface area contributed by atoms with E-state index in [1.54, 1.807) is 0 Å². The Kier molecular flexibility index (Phi) is 3.76. The van der Waals surface area contributed by atoms with Crippen molar-refractivity contribution >= 4 is 11.6 Å². The average Bonchev–Trinajstić information content (AvgIpc) is 2.07. The topological polar surface area (TPSA) is 12.0 Å². The summed E-state index contributed by atoms with van der Waals surface area (Å²) < 4.78 is 0. The molecule has 1 aromatic rings. The van der Waals surface area contributed by atoms with E-state index in [4.69, 9.17) is 11.6 Å². The van der Waals surface area contributed by atoms with Crippen LogP contribution >= 0.6 is 11.6 Å². The molecule has 0 aliphatic rings. The normalized spacial score (nSPS) is 10.8. The third-order valence-corrected chi connectivity index (χ3v) is 2.36. The van der Waals surface area contributed by atoms with Crippen LogP contribution in [0.4, 0.5) is 0 Å². The first-order chi connectivity index (χ1) is 6.09. The second kappa shape index (κ2) is 4.64. The summed E-state index contributed by atoms with van der Waals surface area (Å²) in [7, 11) is 0. The number of hydrogen-bond acceptors (Lipinski definition) is 1. The van der Waals surface area contributed by atoms with Gasteiger partial charge in [0.05, 0.1) is 0 Å². The molecule has 13 heavy (non-hydrogen) atoms. The van der Waals surface area contributed by atoms with Gasteiger partial charge in [-0.2, -0.15) is 0 Å². The highest BCUT2D eigenvalue weighted by atomic mass is 35.5. The first kappa shape index (κ1) is 10.6. The summed E-state index contributed by atoms with van der Waals surface area (Å²) in [5, 5.41) is 4.20. The van der Waals surface area contributed by atoms with Crippen molar-refractivity contribution in [2.75, 3.05) is 0 Å². The average molecular weight is 198 g/mol. The molecule has 0 aromatic heterocycles. The lowest BCUT2D eigenvalue weighted by molar-refractivity contribution is 0.589. The maximum Gasteiger partial charge on any atom is 0.0438 e. The van der Waals surface area contributed by atoms with Gasteiger partial charge in [-0.1, -0.05) is 37.6 Å². The van der Waals surface area contributed by atoms with Crippen molar-refractivity contribution in [3.05, 3.63) is 34.3 Å². The SMILES string of the molecule is Cc1ccc(CNC(C)C)cc1Cl. The molecule has 0 saturated carbocycles. The molecule has 72 valence electrons. The number of aryl methyl sites for hydroxylation is 1. The third-order valence-electron chi connectivity index (χ3n) is 1.95. The molecule has 0 aliphatic heterocycles. The van der Waals surface area contributed by atoms with Gasteiger partial charge in [-0.15, -0.1) is 0 Å². The van der Waals surface area contributed by atoms with Gasteiger partial charge in [0.2, 0.25) is 0 Å². The Bertz CT molecular complexity index is 281. The largest absolute Gasteiger partial charge is 0.310 e. The number of halogens is 1. The molecule has 0 fully saturated rings. The zero-order valence-electron chi connectivity index (χ0n) is 8.39. The Morgan fingerprint density at radius 3 is 2.62 bits per heavy atom. The van der Waals surface area contributed by atoms with Crippen LogP contribution in [0.15, 0.2) is 18.2 Å². The first-order valence-corrected chi connectivity index (χ1v) is 4.96. The van der Waals surface area contributed by atoms with Crippen LogP contribution in [0, 0.1) is 6.92 Å². The molecule has 0 heterocycles. The van der Waals surface area contributed by atoms with Gasteiger partial charge < -0.3 is 5.32 Å². The summed E-state index contributed by atoms with van der Waals surface area (Å²) in [6, 6.07) is 6.70. The van der Waals surface area contributed by atoms with Crippen LogP contribution in [0.1, 0.15) is 25.0 Å². The van der Waals surface area contributed by atoms with Crippen LogP contribution in [0.25, 0.3) is 0 Å². The van der Waals surface area contributed by atoms with Gasteiger partial charge in [0, 0.05) is 17.6 Å². The second-order valence-corrected chi connectivity index (χ2v) is 4.03. The minimum absolute atomic E-state index is 0.514. The predicted octanol–water partition coefficient (Wildman–Crippen LogP) is 3.15. The molecule has 0 bridgehead atoms. The lowest BCUT2D eigenvalue weighted by Crippen LogP contribution is -2.21. The van der Waals surface area contributed by atoms with Gasteiger partial charge in [-0.25, -0.2) is 0 Å². The Hall–Kier alpha value is -0.530. The number of rotatable bonds is 3. The first-order valence-electron chi connectivity index (χ1n) is 4.58. The predicted molar refractivity (Wildman–Crippen MR) is 58.2 cm³/mol. The highest BCUT2D eigenvalue weighted by Gasteiger charge is 1.98. The van der Waals surface area contributed by atoms with Crippen molar-refractivity contribution in [2.24, 2.45) is 0 Å².